The lowest BCUT2D eigenvalue weighted by atomic mass is 9.83. The van der Waals surface area contributed by atoms with E-state index < -0.39 is 0 Å². The maximum atomic E-state index is 15.0. The second kappa shape index (κ2) is 12.9. The summed E-state index contributed by atoms with van der Waals surface area (Å²) in [5.74, 6) is 0.671. The normalized spacial score (nSPS) is 18.9. The Morgan fingerprint density at radius 1 is 0.917 bits per heavy atom. The Morgan fingerprint density at radius 2 is 1.56 bits per heavy atom. The molecule has 188 valence electrons. The van der Waals surface area contributed by atoms with Gasteiger partial charge in [-0.15, -0.1) is 0 Å². The molecule has 0 nitrogen and oxygen atoms in total. The minimum atomic E-state index is -0.0764. The summed E-state index contributed by atoms with van der Waals surface area (Å²) in [7, 11) is 0. The molecule has 0 radical (unpaired) electrons. The first-order valence-corrected chi connectivity index (χ1v) is 13.8. The zero-order chi connectivity index (χ0) is 25.3. The number of aryl methyl sites for hydroxylation is 3. The van der Waals surface area contributed by atoms with Crippen LogP contribution < -0.4 is 0 Å². The number of halogens is 1. The number of benzene rings is 2. The molecule has 2 aliphatic carbocycles. The summed E-state index contributed by atoms with van der Waals surface area (Å²) < 4.78 is 15.0. The van der Waals surface area contributed by atoms with E-state index in [-0.39, 0.29) is 11.7 Å². The first-order valence-electron chi connectivity index (χ1n) is 13.8. The Morgan fingerprint density at radius 3 is 2.14 bits per heavy atom. The monoisotopic (exact) mass is 480 g/mol. The Hall–Kier alpha value is -2.93. The van der Waals surface area contributed by atoms with E-state index in [4.69, 9.17) is 0 Å². The van der Waals surface area contributed by atoms with Crippen LogP contribution in [0.2, 0.25) is 0 Å². The average Bonchev–Trinajstić information content (AvgIpc) is 2.91. The SMILES string of the molecule is CCCc1ccc(CCc2ccc(C(C)=CC3=CCC(C[C@H](C)C4=CCCC=C4)C=C3F)cc2)cc1. The molecule has 0 aromatic heterocycles. The molecule has 0 heterocycles. The Balaban J connectivity index is 1.31. The second-order valence-electron chi connectivity index (χ2n) is 10.6. The molecule has 2 aromatic carbocycles. The zero-order valence-electron chi connectivity index (χ0n) is 22.3. The molecule has 36 heavy (non-hydrogen) atoms. The van der Waals surface area contributed by atoms with Gasteiger partial charge in [0.15, 0.2) is 0 Å². The topological polar surface area (TPSA) is 0 Å². The van der Waals surface area contributed by atoms with Crippen LogP contribution in [0.25, 0.3) is 5.57 Å². The predicted octanol–water partition coefficient (Wildman–Crippen LogP) is 9.93. The van der Waals surface area contributed by atoms with Crippen LogP contribution in [0, 0.1) is 11.8 Å². The Bertz CT molecular complexity index is 1150. The number of allylic oxidation sites excluding steroid dienone is 10. The molecule has 0 amide bonds. The first-order chi connectivity index (χ1) is 17.5. The minimum absolute atomic E-state index is 0.0764. The van der Waals surface area contributed by atoms with Gasteiger partial charge in [0.2, 0.25) is 0 Å². The van der Waals surface area contributed by atoms with E-state index in [0.29, 0.717) is 5.92 Å². The molecule has 2 atom stereocenters. The van der Waals surface area contributed by atoms with E-state index in [2.05, 4.69) is 93.6 Å². The third kappa shape index (κ3) is 7.29. The van der Waals surface area contributed by atoms with Crippen LogP contribution in [0.5, 0.6) is 0 Å². The lowest BCUT2D eigenvalue weighted by Gasteiger charge is -2.22. The smallest absolute Gasteiger partial charge is 0.126 e. The van der Waals surface area contributed by atoms with Crippen molar-refractivity contribution in [2.24, 2.45) is 11.8 Å². The molecule has 0 N–H and O–H groups in total. The van der Waals surface area contributed by atoms with E-state index in [1.54, 1.807) is 0 Å². The highest BCUT2D eigenvalue weighted by molar-refractivity contribution is 5.68. The van der Waals surface area contributed by atoms with Gasteiger partial charge in [-0.25, -0.2) is 4.39 Å². The van der Waals surface area contributed by atoms with Crippen LogP contribution in [0.4, 0.5) is 4.39 Å². The van der Waals surface area contributed by atoms with Gasteiger partial charge in [-0.05, 0) is 109 Å². The maximum absolute atomic E-state index is 15.0. The second-order valence-corrected chi connectivity index (χ2v) is 10.6. The zero-order valence-corrected chi connectivity index (χ0v) is 22.3. The molecule has 0 saturated carbocycles. The minimum Gasteiger partial charge on any atom is -0.207 e. The summed E-state index contributed by atoms with van der Waals surface area (Å²) in [6, 6.07) is 17.8. The van der Waals surface area contributed by atoms with E-state index >= 15 is 0 Å². The molecule has 2 aliphatic rings. The molecule has 1 heteroatoms. The molecule has 0 spiro atoms. The van der Waals surface area contributed by atoms with Gasteiger partial charge < -0.3 is 0 Å². The van der Waals surface area contributed by atoms with Crippen molar-refractivity contribution in [2.45, 2.75) is 72.1 Å². The van der Waals surface area contributed by atoms with Crippen LogP contribution in [-0.4, -0.2) is 0 Å². The molecular formula is C35H41F. The largest absolute Gasteiger partial charge is 0.207 e. The van der Waals surface area contributed by atoms with Gasteiger partial charge in [-0.1, -0.05) is 93.1 Å². The van der Waals surface area contributed by atoms with Crippen molar-refractivity contribution in [3.05, 3.63) is 124 Å². The fraction of sp³-hybridized carbons (Fsp3) is 0.371. The lowest BCUT2D eigenvalue weighted by molar-refractivity contribution is 0.480. The van der Waals surface area contributed by atoms with Crippen molar-refractivity contribution in [3.63, 3.8) is 0 Å². The predicted molar refractivity (Wildman–Crippen MR) is 154 cm³/mol. The molecule has 2 aromatic rings. The highest BCUT2D eigenvalue weighted by atomic mass is 19.1. The van der Waals surface area contributed by atoms with Crippen molar-refractivity contribution in [1.29, 1.82) is 0 Å². The van der Waals surface area contributed by atoms with Gasteiger partial charge in [-0.2, -0.15) is 0 Å². The molecule has 0 bridgehead atoms. The van der Waals surface area contributed by atoms with E-state index in [9.17, 15) is 4.39 Å². The Kier molecular flexibility index (Phi) is 9.34. The fourth-order valence-electron chi connectivity index (χ4n) is 5.33. The number of hydrogen-bond donors (Lipinski definition) is 0. The van der Waals surface area contributed by atoms with Crippen LogP contribution in [0.15, 0.2) is 102 Å². The van der Waals surface area contributed by atoms with Crippen LogP contribution >= 0.6 is 0 Å². The van der Waals surface area contributed by atoms with Gasteiger partial charge in [-0.3, -0.25) is 0 Å². The van der Waals surface area contributed by atoms with Crippen molar-refractivity contribution in [3.8, 4) is 0 Å². The third-order valence-electron chi connectivity index (χ3n) is 7.59. The Labute approximate surface area is 218 Å². The lowest BCUT2D eigenvalue weighted by Crippen LogP contribution is -2.09. The van der Waals surface area contributed by atoms with E-state index in [1.807, 2.05) is 12.2 Å². The van der Waals surface area contributed by atoms with E-state index in [1.165, 1.54) is 28.7 Å². The third-order valence-corrected chi connectivity index (χ3v) is 7.59. The fourth-order valence-corrected chi connectivity index (χ4v) is 5.33. The number of hydrogen-bond acceptors (Lipinski definition) is 0. The molecule has 4 rings (SSSR count). The van der Waals surface area contributed by atoms with Gasteiger partial charge in [0, 0.05) is 5.57 Å². The van der Waals surface area contributed by atoms with Crippen molar-refractivity contribution >= 4 is 5.57 Å². The summed E-state index contributed by atoms with van der Waals surface area (Å²) in [6.45, 7) is 6.57. The molecule has 1 unspecified atom stereocenters. The van der Waals surface area contributed by atoms with Gasteiger partial charge in [0.25, 0.3) is 0 Å². The maximum Gasteiger partial charge on any atom is 0.126 e. The van der Waals surface area contributed by atoms with Crippen LogP contribution in [0.3, 0.4) is 0 Å². The average molecular weight is 481 g/mol. The van der Waals surface area contributed by atoms with Crippen molar-refractivity contribution < 1.29 is 4.39 Å². The number of rotatable bonds is 10. The van der Waals surface area contributed by atoms with Gasteiger partial charge in [0.05, 0.1) is 0 Å². The quantitative estimate of drug-likeness (QED) is 0.317. The summed E-state index contributed by atoms with van der Waals surface area (Å²) in [5, 5.41) is 0. The van der Waals surface area contributed by atoms with Crippen LogP contribution in [-0.2, 0) is 19.3 Å². The summed E-state index contributed by atoms with van der Waals surface area (Å²) >= 11 is 0. The highest BCUT2D eigenvalue weighted by Gasteiger charge is 2.19. The van der Waals surface area contributed by atoms with Gasteiger partial charge >= 0.3 is 0 Å². The van der Waals surface area contributed by atoms with E-state index in [0.717, 1.165) is 61.7 Å². The standard InChI is InChI=1S/C35H41F/c1-4-8-28-11-13-29(14-12-28)15-16-30-17-20-33(21-18-30)27(3)24-34-22-19-31(25-35(34)36)23-26(2)32-9-6-5-7-10-32/h6,9-14,17-18,20-22,24-26,31H,4-5,7-8,15-16,19,23H2,1-3H3/t26-,31?/m0/s1. The highest BCUT2D eigenvalue weighted by Crippen LogP contribution is 2.33. The molecular weight excluding hydrogens is 439 g/mol. The van der Waals surface area contributed by atoms with Gasteiger partial charge in [0.1, 0.15) is 5.83 Å². The molecule has 0 aliphatic heterocycles. The first kappa shape index (κ1) is 26.1. The summed E-state index contributed by atoms with van der Waals surface area (Å²) in [5.41, 5.74) is 8.55. The van der Waals surface area contributed by atoms with Crippen LogP contribution in [0.1, 0.15) is 75.1 Å². The molecule has 0 saturated heterocycles. The molecule has 0 fully saturated rings. The summed E-state index contributed by atoms with van der Waals surface area (Å²) in [4.78, 5) is 0. The summed E-state index contributed by atoms with van der Waals surface area (Å²) in [6.07, 6.45) is 21.4. The van der Waals surface area contributed by atoms with Crippen molar-refractivity contribution in [2.75, 3.05) is 0 Å². The van der Waals surface area contributed by atoms with Crippen molar-refractivity contribution in [1.82, 2.24) is 0 Å².